The van der Waals surface area contributed by atoms with Crippen LogP contribution in [0.3, 0.4) is 0 Å². The average Bonchev–Trinajstić information content (AvgIpc) is 2.63. The number of aryl methyl sites for hydroxylation is 1. The summed E-state index contributed by atoms with van der Waals surface area (Å²) in [6.07, 6.45) is 5.41. The molecule has 2 heterocycles. The highest BCUT2D eigenvalue weighted by Crippen LogP contribution is 2.25. The maximum absolute atomic E-state index is 13.3. The molecule has 0 aromatic heterocycles. The molecule has 0 bridgehead atoms. The Morgan fingerprint density at radius 3 is 2.71 bits per heavy atom. The van der Waals surface area contributed by atoms with Crippen molar-refractivity contribution < 1.29 is 18.3 Å². The van der Waals surface area contributed by atoms with Gasteiger partial charge >= 0.3 is 0 Å². The minimum Gasteiger partial charge on any atom is -0.381 e. The fourth-order valence-corrected chi connectivity index (χ4v) is 3.77. The molecule has 1 unspecified atom stereocenters. The van der Waals surface area contributed by atoms with Crippen molar-refractivity contribution in [3.05, 3.63) is 35.4 Å². The third kappa shape index (κ3) is 4.32. The fraction of sp³-hybridized carbons (Fsp3) is 0.632. The molecule has 2 aliphatic heterocycles. The largest absolute Gasteiger partial charge is 0.381 e. The molecule has 2 aliphatic rings. The van der Waals surface area contributed by atoms with E-state index in [0.717, 1.165) is 57.2 Å². The summed E-state index contributed by atoms with van der Waals surface area (Å²) in [7, 11) is 0. The number of likely N-dealkylation sites (tertiary alicyclic amines) is 1. The zero-order chi connectivity index (χ0) is 16.9. The summed E-state index contributed by atoms with van der Waals surface area (Å²) in [6, 6.07) is 4.11. The van der Waals surface area contributed by atoms with Gasteiger partial charge in [-0.05, 0) is 62.1 Å². The fourth-order valence-electron chi connectivity index (χ4n) is 3.77. The first-order chi connectivity index (χ1) is 11.6. The van der Waals surface area contributed by atoms with Crippen molar-refractivity contribution in [1.82, 2.24) is 4.90 Å². The first-order valence-corrected chi connectivity index (χ1v) is 8.94. The highest BCUT2D eigenvalue weighted by atomic mass is 19.2. The van der Waals surface area contributed by atoms with Crippen molar-refractivity contribution in [2.24, 2.45) is 11.8 Å². The summed E-state index contributed by atoms with van der Waals surface area (Å²) in [5.74, 6) is -0.757. The van der Waals surface area contributed by atoms with E-state index in [4.69, 9.17) is 4.74 Å². The standard InChI is InChI=1S/C19H25F2NO2/c20-17-6-5-14(12-18(17)21)3-4-15-2-1-9-22(13-15)19(23)16-7-10-24-11-8-16/h5-6,12,15-16H,1-4,7-11,13H2. The topological polar surface area (TPSA) is 29.5 Å². The molecule has 0 aliphatic carbocycles. The molecule has 1 aromatic rings. The number of nitrogens with zero attached hydrogens (tertiary/aromatic N) is 1. The predicted octanol–water partition coefficient (Wildman–Crippen LogP) is 3.56. The number of hydrogen-bond donors (Lipinski definition) is 0. The number of benzene rings is 1. The molecule has 3 rings (SSSR count). The number of amides is 1. The van der Waals surface area contributed by atoms with E-state index < -0.39 is 11.6 Å². The van der Waals surface area contributed by atoms with E-state index in [9.17, 15) is 13.6 Å². The van der Waals surface area contributed by atoms with Gasteiger partial charge in [-0.3, -0.25) is 4.79 Å². The predicted molar refractivity (Wildman–Crippen MR) is 87.5 cm³/mol. The van der Waals surface area contributed by atoms with E-state index in [-0.39, 0.29) is 11.8 Å². The normalized spacial score (nSPS) is 22.6. The monoisotopic (exact) mass is 337 g/mol. The van der Waals surface area contributed by atoms with Gasteiger partial charge in [-0.25, -0.2) is 8.78 Å². The minimum atomic E-state index is -0.801. The molecule has 0 saturated carbocycles. The van der Waals surface area contributed by atoms with Gasteiger partial charge in [0.05, 0.1) is 0 Å². The molecule has 5 heteroatoms. The van der Waals surface area contributed by atoms with Gasteiger partial charge in [0, 0.05) is 32.2 Å². The molecule has 1 atom stereocenters. The summed E-state index contributed by atoms with van der Waals surface area (Å²) in [5.41, 5.74) is 0.821. The number of ether oxygens (including phenoxy) is 1. The Morgan fingerprint density at radius 1 is 1.17 bits per heavy atom. The lowest BCUT2D eigenvalue weighted by Crippen LogP contribution is -2.44. The Balaban J connectivity index is 1.51. The summed E-state index contributed by atoms with van der Waals surface area (Å²) >= 11 is 0. The quantitative estimate of drug-likeness (QED) is 0.841. The summed E-state index contributed by atoms with van der Waals surface area (Å²) in [5, 5.41) is 0. The molecular weight excluding hydrogens is 312 g/mol. The van der Waals surface area contributed by atoms with Gasteiger partial charge in [-0.15, -0.1) is 0 Å². The van der Waals surface area contributed by atoms with Crippen LogP contribution in [0.15, 0.2) is 18.2 Å². The number of carbonyl (C=O) groups is 1. The molecule has 3 nitrogen and oxygen atoms in total. The van der Waals surface area contributed by atoms with Gasteiger partial charge in [0.15, 0.2) is 11.6 Å². The molecule has 2 saturated heterocycles. The van der Waals surface area contributed by atoms with Crippen LogP contribution in [0.5, 0.6) is 0 Å². The van der Waals surface area contributed by atoms with Crippen LogP contribution in [0.25, 0.3) is 0 Å². The molecule has 1 amide bonds. The zero-order valence-corrected chi connectivity index (χ0v) is 14.0. The van der Waals surface area contributed by atoms with Crippen molar-refractivity contribution in [3.63, 3.8) is 0 Å². The molecule has 0 spiro atoms. The van der Waals surface area contributed by atoms with Crippen LogP contribution in [0.1, 0.15) is 37.7 Å². The number of hydrogen-bond acceptors (Lipinski definition) is 2. The van der Waals surface area contributed by atoms with Crippen molar-refractivity contribution in [2.75, 3.05) is 26.3 Å². The third-order valence-corrected chi connectivity index (χ3v) is 5.23. The Kier molecular flexibility index (Phi) is 5.82. The maximum atomic E-state index is 13.3. The van der Waals surface area contributed by atoms with Crippen LogP contribution in [0, 0.1) is 23.5 Å². The molecular formula is C19H25F2NO2. The average molecular weight is 337 g/mol. The highest BCUT2D eigenvalue weighted by molar-refractivity contribution is 5.79. The van der Waals surface area contributed by atoms with E-state index in [0.29, 0.717) is 19.1 Å². The Hall–Kier alpha value is -1.49. The molecule has 1 aromatic carbocycles. The first kappa shape index (κ1) is 17.3. The van der Waals surface area contributed by atoms with Gasteiger partial charge < -0.3 is 9.64 Å². The van der Waals surface area contributed by atoms with Crippen LogP contribution in [-0.2, 0) is 16.0 Å². The van der Waals surface area contributed by atoms with Gasteiger partial charge in [0.25, 0.3) is 0 Å². The van der Waals surface area contributed by atoms with Crippen molar-refractivity contribution >= 4 is 5.91 Å². The van der Waals surface area contributed by atoms with Crippen LogP contribution in [0.2, 0.25) is 0 Å². The second-order valence-corrected chi connectivity index (χ2v) is 6.97. The zero-order valence-electron chi connectivity index (χ0n) is 14.0. The summed E-state index contributed by atoms with van der Waals surface area (Å²) in [4.78, 5) is 14.6. The van der Waals surface area contributed by atoms with Crippen LogP contribution in [0.4, 0.5) is 8.78 Å². The van der Waals surface area contributed by atoms with E-state index in [2.05, 4.69) is 0 Å². The SMILES string of the molecule is O=C(C1CCOCC1)N1CCCC(CCc2ccc(F)c(F)c2)C1. The third-order valence-electron chi connectivity index (χ3n) is 5.23. The molecule has 132 valence electrons. The van der Waals surface area contributed by atoms with Crippen LogP contribution in [-0.4, -0.2) is 37.1 Å². The molecule has 24 heavy (non-hydrogen) atoms. The van der Waals surface area contributed by atoms with Crippen molar-refractivity contribution in [1.29, 1.82) is 0 Å². The molecule has 0 radical (unpaired) electrons. The van der Waals surface area contributed by atoms with Crippen LogP contribution < -0.4 is 0 Å². The maximum Gasteiger partial charge on any atom is 0.225 e. The highest BCUT2D eigenvalue weighted by Gasteiger charge is 2.29. The number of piperidine rings is 1. The lowest BCUT2D eigenvalue weighted by atomic mass is 9.90. The minimum absolute atomic E-state index is 0.115. The van der Waals surface area contributed by atoms with E-state index in [1.54, 1.807) is 6.07 Å². The Bertz CT molecular complexity index is 572. The van der Waals surface area contributed by atoms with Gasteiger partial charge in [-0.1, -0.05) is 6.07 Å². The lowest BCUT2D eigenvalue weighted by molar-refractivity contribution is -0.140. The van der Waals surface area contributed by atoms with Crippen LogP contribution >= 0.6 is 0 Å². The second kappa shape index (κ2) is 8.06. The molecule has 0 N–H and O–H groups in total. The second-order valence-electron chi connectivity index (χ2n) is 6.97. The number of halogens is 2. The Morgan fingerprint density at radius 2 is 1.96 bits per heavy atom. The Labute approximate surface area is 142 Å². The van der Waals surface area contributed by atoms with Gasteiger partial charge in [-0.2, -0.15) is 0 Å². The number of carbonyl (C=O) groups excluding carboxylic acids is 1. The van der Waals surface area contributed by atoms with E-state index in [1.165, 1.54) is 12.1 Å². The van der Waals surface area contributed by atoms with Crippen molar-refractivity contribution in [3.8, 4) is 0 Å². The number of rotatable bonds is 4. The van der Waals surface area contributed by atoms with E-state index >= 15 is 0 Å². The van der Waals surface area contributed by atoms with Gasteiger partial charge in [0.2, 0.25) is 5.91 Å². The summed E-state index contributed by atoms with van der Waals surface area (Å²) in [6.45, 7) is 3.01. The van der Waals surface area contributed by atoms with Crippen molar-refractivity contribution in [2.45, 2.75) is 38.5 Å². The first-order valence-electron chi connectivity index (χ1n) is 8.94. The van der Waals surface area contributed by atoms with E-state index in [1.807, 2.05) is 4.90 Å². The van der Waals surface area contributed by atoms with Gasteiger partial charge in [0.1, 0.15) is 0 Å². The summed E-state index contributed by atoms with van der Waals surface area (Å²) < 4.78 is 31.6. The molecule has 2 fully saturated rings. The smallest absolute Gasteiger partial charge is 0.225 e. The lowest BCUT2D eigenvalue weighted by Gasteiger charge is -2.36.